The first-order valence-corrected chi connectivity index (χ1v) is 8.51. The van der Waals surface area contributed by atoms with Gasteiger partial charge >= 0.3 is 0 Å². The molecule has 2 aromatic carbocycles. The first kappa shape index (κ1) is 16.2. The molecule has 1 amide bonds. The molecule has 0 N–H and O–H groups in total. The van der Waals surface area contributed by atoms with Crippen LogP contribution >= 0.6 is 0 Å². The second kappa shape index (κ2) is 6.23. The van der Waals surface area contributed by atoms with Crippen LogP contribution in [0, 0.1) is 17.0 Å². The van der Waals surface area contributed by atoms with Crippen molar-refractivity contribution in [2.75, 3.05) is 26.2 Å². The van der Waals surface area contributed by atoms with E-state index in [9.17, 15) is 13.6 Å². The van der Waals surface area contributed by atoms with Crippen molar-refractivity contribution in [3.63, 3.8) is 0 Å². The van der Waals surface area contributed by atoms with Crippen LogP contribution in [0.2, 0.25) is 0 Å². The average Bonchev–Trinajstić information content (AvgIpc) is 2.53. The Bertz CT molecular complexity index is 780. The Morgan fingerprint density at radius 2 is 1.64 bits per heavy atom. The van der Waals surface area contributed by atoms with Gasteiger partial charge in [-0.05, 0) is 23.3 Å². The van der Waals surface area contributed by atoms with E-state index in [0.29, 0.717) is 5.56 Å². The normalized spacial score (nSPS) is 18.7. The lowest BCUT2D eigenvalue weighted by Crippen LogP contribution is -2.72. The zero-order valence-corrected chi connectivity index (χ0v) is 13.9. The second-order valence-electron chi connectivity index (χ2n) is 7.31. The molecule has 2 aliphatic heterocycles. The lowest BCUT2D eigenvalue weighted by Gasteiger charge is -2.60. The van der Waals surface area contributed by atoms with E-state index in [1.807, 2.05) is 23.1 Å². The number of rotatable bonds is 4. The highest BCUT2D eigenvalue weighted by Gasteiger charge is 2.52. The Morgan fingerprint density at radius 3 is 2.32 bits per heavy atom. The van der Waals surface area contributed by atoms with E-state index >= 15 is 0 Å². The molecule has 2 heterocycles. The molecule has 0 radical (unpaired) electrons. The monoisotopic (exact) mass is 342 g/mol. The summed E-state index contributed by atoms with van der Waals surface area (Å²) in [5.41, 5.74) is 2.06. The van der Waals surface area contributed by atoms with E-state index in [4.69, 9.17) is 0 Å². The van der Waals surface area contributed by atoms with Gasteiger partial charge in [0.1, 0.15) is 0 Å². The van der Waals surface area contributed by atoms with Crippen LogP contribution in [-0.4, -0.2) is 41.9 Å². The lowest BCUT2D eigenvalue weighted by molar-refractivity contribution is -0.159. The van der Waals surface area contributed by atoms with Crippen molar-refractivity contribution >= 4 is 5.91 Å². The maximum atomic E-state index is 13.2. The van der Waals surface area contributed by atoms with Gasteiger partial charge in [-0.25, -0.2) is 8.78 Å². The number of hydrogen-bond donors (Lipinski definition) is 0. The first-order chi connectivity index (χ1) is 12.0. The van der Waals surface area contributed by atoms with Gasteiger partial charge in [0, 0.05) is 38.1 Å². The van der Waals surface area contributed by atoms with Gasteiger partial charge in [-0.1, -0.05) is 36.4 Å². The Morgan fingerprint density at radius 1 is 0.920 bits per heavy atom. The smallest absolute Gasteiger partial charge is 0.227 e. The number of benzene rings is 2. The maximum Gasteiger partial charge on any atom is 0.227 e. The number of halogens is 2. The van der Waals surface area contributed by atoms with Crippen LogP contribution in [0.3, 0.4) is 0 Å². The van der Waals surface area contributed by atoms with Gasteiger partial charge < -0.3 is 4.90 Å². The Balaban J connectivity index is 1.25. The molecular weight excluding hydrogens is 322 g/mol. The van der Waals surface area contributed by atoms with Crippen molar-refractivity contribution < 1.29 is 13.6 Å². The first-order valence-electron chi connectivity index (χ1n) is 8.51. The second-order valence-corrected chi connectivity index (χ2v) is 7.31. The molecule has 1 spiro atoms. The minimum atomic E-state index is -0.902. The third kappa shape index (κ3) is 3.29. The van der Waals surface area contributed by atoms with Gasteiger partial charge in [0.15, 0.2) is 11.6 Å². The van der Waals surface area contributed by atoms with E-state index < -0.39 is 11.6 Å². The Hall–Kier alpha value is -2.27. The molecule has 0 aliphatic carbocycles. The van der Waals surface area contributed by atoms with Crippen molar-refractivity contribution in [3.05, 3.63) is 71.3 Å². The standard InChI is InChI=1S/C20H20F2N2O/c21-17-7-6-16(8-18(17)22)9-19(25)24-13-20(14-24)11-23(12-20)10-15-4-2-1-3-5-15/h1-8H,9-14H2. The van der Waals surface area contributed by atoms with Crippen LogP contribution in [-0.2, 0) is 17.8 Å². The van der Waals surface area contributed by atoms with Gasteiger partial charge in [-0.2, -0.15) is 0 Å². The van der Waals surface area contributed by atoms with Crippen molar-refractivity contribution in [2.24, 2.45) is 5.41 Å². The molecule has 130 valence electrons. The minimum Gasteiger partial charge on any atom is -0.341 e. The third-order valence-electron chi connectivity index (χ3n) is 5.11. The number of amides is 1. The summed E-state index contributed by atoms with van der Waals surface area (Å²) >= 11 is 0. The van der Waals surface area contributed by atoms with Gasteiger partial charge in [0.25, 0.3) is 0 Å². The quantitative estimate of drug-likeness (QED) is 0.853. The molecule has 0 bridgehead atoms. The number of hydrogen-bond acceptors (Lipinski definition) is 2. The van der Waals surface area contributed by atoms with Crippen LogP contribution in [0.25, 0.3) is 0 Å². The van der Waals surface area contributed by atoms with E-state index in [-0.39, 0.29) is 17.7 Å². The SMILES string of the molecule is O=C(Cc1ccc(F)c(F)c1)N1CC2(CN(Cc3ccccc3)C2)C1. The Labute approximate surface area is 145 Å². The van der Waals surface area contributed by atoms with Crippen molar-refractivity contribution in [3.8, 4) is 0 Å². The summed E-state index contributed by atoms with van der Waals surface area (Å²) in [6, 6.07) is 14.0. The van der Waals surface area contributed by atoms with Crippen LogP contribution in [0.5, 0.6) is 0 Å². The maximum absolute atomic E-state index is 13.2. The number of nitrogens with zero attached hydrogens (tertiary/aromatic N) is 2. The molecule has 2 fully saturated rings. The fraction of sp³-hybridized carbons (Fsp3) is 0.350. The number of carbonyl (C=O) groups is 1. The Kier molecular flexibility index (Phi) is 4.04. The van der Waals surface area contributed by atoms with Crippen molar-refractivity contribution in [2.45, 2.75) is 13.0 Å². The molecule has 0 atom stereocenters. The summed E-state index contributed by atoms with van der Waals surface area (Å²) in [5, 5.41) is 0. The molecule has 2 aliphatic rings. The molecular formula is C20H20F2N2O. The van der Waals surface area contributed by atoms with Crippen molar-refractivity contribution in [1.29, 1.82) is 0 Å². The highest BCUT2D eigenvalue weighted by Crippen LogP contribution is 2.40. The highest BCUT2D eigenvalue weighted by atomic mass is 19.2. The van der Waals surface area contributed by atoms with E-state index in [1.165, 1.54) is 11.6 Å². The van der Waals surface area contributed by atoms with Crippen LogP contribution < -0.4 is 0 Å². The van der Waals surface area contributed by atoms with Gasteiger partial charge in [0.05, 0.1) is 6.42 Å². The van der Waals surface area contributed by atoms with Gasteiger partial charge in [0.2, 0.25) is 5.91 Å². The summed E-state index contributed by atoms with van der Waals surface area (Å²) in [6.45, 7) is 4.50. The molecule has 2 saturated heterocycles. The number of likely N-dealkylation sites (tertiary alicyclic amines) is 2. The van der Waals surface area contributed by atoms with E-state index in [2.05, 4.69) is 17.0 Å². The molecule has 0 unspecified atom stereocenters. The van der Waals surface area contributed by atoms with Crippen molar-refractivity contribution in [1.82, 2.24) is 9.80 Å². The molecule has 25 heavy (non-hydrogen) atoms. The van der Waals surface area contributed by atoms with E-state index in [1.54, 1.807) is 0 Å². The zero-order valence-electron chi connectivity index (χ0n) is 13.9. The molecule has 2 aromatic rings. The predicted octanol–water partition coefficient (Wildman–Crippen LogP) is 2.85. The summed E-state index contributed by atoms with van der Waals surface area (Å²) in [5.74, 6) is -1.80. The fourth-order valence-corrected chi connectivity index (χ4v) is 3.93. The van der Waals surface area contributed by atoms with Crippen LogP contribution in [0.1, 0.15) is 11.1 Å². The number of carbonyl (C=O) groups excluding carboxylic acids is 1. The van der Waals surface area contributed by atoms with Gasteiger partial charge in [-0.3, -0.25) is 9.69 Å². The summed E-state index contributed by atoms with van der Waals surface area (Å²) in [4.78, 5) is 16.5. The topological polar surface area (TPSA) is 23.6 Å². The minimum absolute atomic E-state index is 0.0156. The predicted molar refractivity (Wildman–Crippen MR) is 90.8 cm³/mol. The van der Waals surface area contributed by atoms with Gasteiger partial charge in [-0.15, -0.1) is 0 Å². The zero-order chi connectivity index (χ0) is 17.4. The molecule has 3 nitrogen and oxygen atoms in total. The van der Waals surface area contributed by atoms with E-state index in [0.717, 1.165) is 44.9 Å². The summed E-state index contributed by atoms with van der Waals surface area (Å²) < 4.78 is 26.2. The average molecular weight is 342 g/mol. The summed E-state index contributed by atoms with van der Waals surface area (Å²) in [6.07, 6.45) is 0.126. The highest BCUT2D eigenvalue weighted by molar-refractivity contribution is 5.79. The third-order valence-corrected chi connectivity index (χ3v) is 5.11. The lowest BCUT2D eigenvalue weighted by atomic mass is 9.72. The van der Waals surface area contributed by atoms with Crippen LogP contribution in [0.15, 0.2) is 48.5 Å². The fourth-order valence-electron chi connectivity index (χ4n) is 3.93. The molecule has 0 saturated carbocycles. The molecule has 0 aromatic heterocycles. The molecule has 4 rings (SSSR count). The van der Waals surface area contributed by atoms with Crippen LogP contribution in [0.4, 0.5) is 8.78 Å². The largest absolute Gasteiger partial charge is 0.341 e. The molecule has 5 heteroatoms. The summed E-state index contributed by atoms with van der Waals surface area (Å²) in [7, 11) is 0.